The van der Waals surface area contributed by atoms with Gasteiger partial charge in [-0.2, -0.15) is 4.37 Å². The first-order chi connectivity index (χ1) is 7.70. The molecule has 0 spiro atoms. The Morgan fingerprint density at radius 1 is 1.75 bits per heavy atom. The van der Waals surface area contributed by atoms with Crippen molar-refractivity contribution in [2.45, 2.75) is 24.8 Å². The molecule has 0 amide bonds. The van der Waals surface area contributed by atoms with E-state index < -0.39 is 12.0 Å². The normalized spacial score (nSPS) is 17.1. The Kier molecular flexibility index (Phi) is 3.35. The van der Waals surface area contributed by atoms with Gasteiger partial charge < -0.3 is 15.2 Å². The lowest BCUT2D eigenvalue weighted by atomic mass is 10.3. The van der Waals surface area contributed by atoms with Crippen LogP contribution in [0.2, 0.25) is 0 Å². The van der Waals surface area contributed by atoms with Gasteiger partial charge in [0.2, 0.25) is 5.13 Å². The van der Waals surface area contributed by atoms with Crippen LogP contribution in [0.4, 0.5) is 5.13 Å². The minimum atomic E-state index is -0.954. The molecule has 1 heterocycles. The zero-order valence-corrected chi connectivity index (χ0v) is 9.66. The molecular weight excluding hydrogens is 230 g/mol. The number of anilines is 1. The van der Waals surface area contributed by atoms with Crippen molar-refractivity contribution in [1.82, 2.24) is 9.36 Å². The monoisotopic (exact) mass is 243 g/mol. The summed E-state index contributed by atoms with van der Waals surface area (Å²) in [4.78, 5) is 15.1. The number of nitrogens with one attached hydrogen (secondary N) is 1. The minimum absolute atomic E-state index is 0.105. The molecule has 0 saturated heterocycles. The molecule has 1 aromatic heterocycles. The van der Waals surface area contributed by atoms with Gasteiger partial charge in [-0.05, 0) is 12.8 Å². The number of nitrogens with zero attached hydrogens (tertiary/aromatic N) is 2. The number of carboxylic acids is 1. The number of rotatable bonds is 6. The number of methoxy groups -OCH3 is 1. The molecule has 2 rings (SSSR count). The lowest BCUT2D eigenvalue weighted by Crippen LogP contribution is -2.33. The highest BCUT2D eigenvalue weighted by atomic mass is 32.1. The molecule has 16 heavy (non-hydrogen) atoms. The first kappa shape index (κ1) is 11.3. The van der Waals surface area contributed by atoms with Gasteiger partial charge in [0, 0.05) is 24.6 Å². The molecule has 88 valence electrons. The summed E-state index contributed by atoms with van der Waals surface area (Å²) in [7, 11) is 1.47. The van der Waals surface area contributed by atoms with Crippen molar-refractivity contribution in [2.24, 2.45) is 0 Å². The van der Waals surface area contributed by atoms with Crippen molar-refractivity contribution in [3.63, 3.8) is 0 Å². The highest BCUT2D eigenvalue weighted by molar-refractivity contribution is 7.09. The maximum Gasteiger partial charge on any atom is 0.328 e. The molecule has 0 aromatic carbocycles. The van der Waals surface area contributed by atoms with Crippen LogP contribution >= 0.6 is 11.5 Å². The van der Waals surface area contributed by atoms with E-state index in [1.54, 1.807) is 0 Å². The average molecular weight is 243 g/mol. The summed E-state index contributed by atoms with van der Waals surface area (Å²) in [6.45, 7) is 0.105. The fourth-order valence-electron chi connectivity index (χ4n) is 1.29. The van der Waals surface area contributed by atoms with Crippen molar-refractivity contribution in [3.8, 4) is 0 Å². The van der Waals surface area contributed by atoms with E-state index in [0.717, 1.165) is 18.7 Å². The quantitative estimate of drug-likeness (QED) is 0.773. The van der Waals surface area contributed by atoms with Gasteiger partial charge in [-0.25, -0.2) is 9.78 Å². The second-order valence-electron chi connectivity index (χ2n) is 3.72. The van der Waals surface area contributed by atoms with E-state index in [9.17, 15) is 4.79 Å². The van der Waals surface area contributed by atoms with Crippen LogP contribution in [0, 0.1) is 0 Å². The topological polar surface area (TPSA) is 84.3 Å². The lowest BCUT2D eigenvalue weighted by Gasteiger charge is -2.11. The third kappa shape index (κ3) is 2.67. The van der Waals surface area contributed by atoms with Gasteiger partial charge in [-0.1, -0.05) is 0 Å². The zero-order valence-electron chi connectivity index (χ0n) is 8.84. The molecule has 1 fully saturated rings. The summed E-state index contributed by atoms with van der Waals surface area (Å²) in [5, 5.41) is 12.3. The third-order valence-electron chi connectivity index (χ3n) is 2.31. The molecule has 1 saturated carbocycles. The molecule has 1 aromatic rings. The molecule has 2 N–H and O–H groups in total. The fraction of sp³-hybridized carbons (Fsp3) is 0.667. The van der Waals surface area contributed by atoms with E-state index in [1.807, 2.05) is 0 Å². The Bertz CT molecular complexity index is 378. The molecule has 1 atom stereocenters. The summed E-state index contributed by atoms with van der Waals surface area (Å²) >= 11 is 1.20. The highest BCUT2D eigenvalue weighted by Crippen LogP contribution is 2.39. The van der Waals surface area contributed by atoms with Gasteiger partial charge in [-0.15, -0.1) is 0 Å². The average Bonchev–Trinajstić information content (AvgIpc) is 2.99. The van der Waals surface area contributed by atoms with Crippen LogP contribution in [0.1, 0.15) is 24.6 Å². The van der Waals surface area contributed by atoms with Crippen molar-refractivity contribution >= 4 is 22.6 Å². The highest BCUT2D eigenvalue weighted by Gasteiger charge is 2.28. The summed E-state index contributed by atoms with van der Waals surface area (Å²) in [5.41, 5.74) is 0. The first-order valence-corrected chi connectivity index (χ1v) is 5.80. The van der Waals surface area contributed by atoms with E-state index in [0.29, 0.717) is 11.0 Å². The van der Waals surface area contributed by atoms with Crippen LogP contribution in [-0.2, 0) is 9.53 Å². The fourth-order valence-corrected chi connectivity index (χ4v) is 1.99. The molecule has 0 bridgehead atoms. The largest absolute Gasteiger partial charge is 0.480 e. The number of hydrogen-bond acceptors (Lipinski definition) is 6. The van der Waals surface area contributed by atoms with E-state index >= 15 is 0 Å². The number of ether oxygens (including phenoxy) is 1. The Hall–Kier alpha value is -1.21. The van der Waals surface area contributed by atoms with Gasteiger partial charge in [0.15, 0.2) is 0 Å². The van der Waals surface area contributed by atoms with Gasteiger partial charge in [0.25, 0.3) is 0 Å². The molecule has 6 nitrogen and oxygen atoms in total. The zero-order chi connectivity index (χ0) is 11.5. The Morgan fingerprint density at radius 3 is 3.06 bits per heavy atom. The van der Waals surface area contributed by atoms with Crippen molar-refractivity contribution < 1.29 is 14.6 Å². The van der Waals surface area contributed by atoms with Gasteiger partial charge in [-0.3, -0.25) is 0 Å². The predicted molar refractivity (Wildman–Crippen MR) is 58.8 cm³/mol. The van der Waals surface area contributed by atoms with Gasteiger partial charge in [0.05, 0.1) is 6.61 Å². The van der Waals surface area contributed by atoms with Crippen LogP contribution in [0.15, 0.2) is 0 Å². The molecule has 1 aliphatic rings. The standard InChI is InChI=1S/C9H13N3O3S/c1-15-4-6(8(13)14)10-9-11-7(12-16-9)5-2-3-5/h5-6H,2-4H2,1H3,(H,13,14)(H,10,11,12). The van der Waals surface area contributed by atoms with Crippen LogP contribution in [0.3, 0.4) is 0 Å². The van der Waals surface area contributed by atoms with Gasteiger partial charge >= 0.3 is 5.97 Å². The summed E-state index contributed by atoms with van der Waals surface area (Å²) in [5.74, 6) is 0.358. The molecule has 1 aliphatic carbocycles. The second-order valence-corrected chi connectivity index (χ2v) is 4.47. The number of carboxylic acid groups (broad SMARTS) is 1. The summed E-state index contributed by atoms with van der Waals surface area (Å²) in [6, 6.07) is -0.773. The number of carbonyl (C=O) groups is 1. The van der Waals surface area contributed by atoms with Crippen LogP contribution in [-0.4, -0.2) is 40.2 Å². The molecular formula is C9H13N3O3S. The van der Waals surface area contributed by atoms with Gasteiger partial charge in [0.1, 0.15) is 11.9 Å². The second kappa shape index (κ2) is 4.75. The predicted octanol–water partition coefficient (Wildman–Crippen LogP) is 0.927. The van der Waals surface area contributed by atoms with Crippen molar-refractivity contribution in [3.05, 3.63) is 5.82 Å². The number of aromatic nitrogens is 2. The van der Waals surface area contributed by atoms with E-state index in [2.05, 4.69) is 14.7 Å². The minimum Gasteiger partial charge on any atom is -0.480 e. The first-order valence-electron chi connectivity index (χ1n) is 5.02. The van der Waals surface area contributed by atoms with E-state index in [4.69, 9.17) is 9.84 Å². The summed E-state index contributed by atoms with van der Waals surface area (Å²) in [6.07, 6.45) is 2.27. The lowest BCUT2D eigenvalue weighted by molar-refractivity contribution is -0.139. The smallest absolute Gasteiger partial charge is 0.328 e. The SMILES string of the molecule is COCC(Nc1nc(C2CC2)ns1)C(=O)O. The molecule has 1 unspecified atom stereocenters. The number of hydrogen-bond donors (Lipinski definition) is 2. The molecule has 0 aliphatic heterocycles. The Morgan fingerprint density at radius 2 is 2.50 bits per heavy atom. The molecule has 7 heteroatoms. The van der Waals surface area contributed by atoms with Crippen LogP contribution in [0.25, 0.3) is 0 Å². The summed E-state index contributed by atoms with van der Waals surface area (Å²) < 4.78 is 9.00. The van der Waals surface area contributed by atoms with Crippen LogP contribution in [0.5, 0.6) is 0 Å². The Balaban J connectivity index is 1.97. The van der Waals surface area contributed by atoms with E-state index in [1.165, 1.54) is 18.6 Å². The van der Waals surface area contributed by atoms with Crippen molar-refractivity contribution in [2.75, 3.05) is 19.0 Å². The molecule has 0 radical (unpaired) electrons. The van der Waals surface area contributed by atoms with E-state index in [-0.39, 0.29) is 6.61 Å². The Labute approximate surface area is 96.8 Å². The maximum absolute atomic E-state index is 10.9. The van der Waals surface area contributed by atoms with Crippen LogP contribution < -0.4 is 5.32 Å². The maximum atomic E-state index is 10.9. The van der Waals surface area contributed by atoms with Crippen molar-refractivity contribution in [1.29, 1.82) is 0 Å². The third-order valence-corrected chi connectivity index (χ3v) is 2.97. The number of aliphatic carboxylic acids is 1.